The Kier molecular flexibility index (Phi) is 5.98. The normalized spacial score (nSPS) is 12.5. The van der Waals surface area contributed by atoms with Crippen LogP contribution in [0.4, 0.5) is 0 Å². The molecule has 0 fully saturated rings. The van der Waals surface area contributed by atoms with E-state index in [-0.39, 0.29) is 0 Å². The molecule has 5 heteroatoms. The number of nitrogens with two attached hydrogens (primary N) is 1. The zero-order chi connectivity index (χ0) is 15.9. The third kappa shape index (κ3) is 3.87. The van der Waals surface area contributed by atoms with Crippen LogP contribution in [0.3, 0.4) is 0 Å². The molecule has 120 valence electrons. The summed E-state index contributed by atoms with van der Waals surface area (Å²) in [7, 11) is 0. The molecule has 0 aliphatic carbocycles. The largest absolute Gasteiger partial charge is 0.347 e. The molecule has 4 N–H and O–H groups in total. The molecule has 0 saturated carbocycles. The van der Waals surface area contributed by atoms with Crippen LogP contribution >= 0.6 is 0 Å². The molecule has 22 heavy (non-hydrogen) atoms. The number of rotatable bonds is 8. The van der Waals surface area contributed by atoms with Gasteiger partial charge in [0.1, 0.15) is 0 Å². The number of hydrogen-bond acceptors (Lipinski definition) is 3. The smallest absolute Gasteiger partial charge is 0.260 e. The molecule has 1 atom stereocenters. The van der Waals surface area contributed by atoms with Crippen LogP contribution in [-0.2, 0) is 17.8 Å². The molecule has 1 amide bonds. The fourth-order valence-electron chi connectivity index (χ4n) is 2.79. The van der Waals surface area contributed by atoms with Crippen LogP contribution in [0.15, 0.2) is 30.5 Å². The number of fused-ring (bicyclic) bond motifs is 1. The van der Waals surface area contributed by atoms with Crippen molar-refractivity contribution >= 4 is 16.8 Å². The number of nitrogens with one attached hydrogen (secondary N) is 1. The number of aromatic nitrogens is 1. The van der Waals surface area contributed by atoms with E-state index in [9.17, 15) is 4.79 Å². The second-order valence-corrected chi connectivity index (χ2v) is 5.71. The van der Waals surface area contributed by atoms with Crippen LogP contribution in [0, 0.1) is 0 Å². The maximum atomic E-state index is 11.4. The van der Waals surface area contributed by atoms with E-state index < -0.39 is 11.9 Å². The highest BCUT2D eigenvalue weighted by atomic mass is 16.5. The molecule has 0 bridgehead atoms. The molecule has 2 aromatic rings. The van der Waals surface area contributed by atoms with Crippen molar-refractivity contribution in [1.82, 2.24) is 10.0 Å². The summed E-state index contributed by atoms with van der Waals surface area (Å²) in [6.45, 7) is 3.18. The van der Waals surface area contributed by atoms with Gasteiger partial charge in [-0.15, -0.1) is 0 Å². The van der Waals surface area contributed by atoms with E-state index in [4.69, 9.17) is 10.9 Å². The number of para-hydroxylation sites is 1. The first kappa shape index (κ1) is 16.5. The monoisotopic (exact) mass is 303 g/mol. The Bertz CT molecular complexity index is 621. The van der Waals surface area contributed by atoms with E-state index in [2.05, 4.69) is 29.8 Å². The van der Waals surface area contributed by atoms with Gasteiger partial charge in [-0.1, -0.05) is 44.4 Å². The number of carbonyl (C=O) groups is 1. The predicted octanol–water partition coefficient (Wildman–Crippen LogP) is 2.60. The van der Waals surface area contributed by atoms with E-state index in [1.165, 1.54) is 24.8 Å². The molecule has 0 unspecified atom stereocenters. The minimum Gasteiger partial charge on any atom is -0.347 e. The molecular weight excluding hydrogens is 278 g/mol. The first-order valence-electron chi connectivity index (χ1n) is 7.93. The molecule has 0 aliphatic heterocycles. The first-order chi connectivity index (χ1) is 10.7. The predicted molar refractivity (Wildman–Crippen MR) is 87.7 cm³/mol. The number of hydroxylamine groups is 1. The van der Waals surface area contributed by atoms with Gasteiger partial charge in [0, 0.05) is 23.6 Å². The Morgan fingerprint density at radius 3 is 2.82 bits per heavy atom. The van der Waals surface area contributed by atoms with Gasteiger partial charge in [0.15, 0.2) is 0 Å². The first-order valence-corrected chi connectivity index (χ1v) is 7.93. The molecule has 0 aliphatic rings. The number of hydrogen-bond donors (Lipinski definition) is 3. The molecular formula is C17H25N3O2. The van der Waals surface area contributed by atoms with Crippen LogP contribution in [-0.4, -0.2) is 21.7 Å². The molecule has 1 heterocycles. The molecule has 0 radical (unpaired) electrons. The lowest BCUT2D eigenvalue weighted by Crippen LogP contribution is -2.40. The molecule has 1 aromatic heterocycles. The molecule has 1 aromatic carbocycles. The van der Waals surface area contributed by atoms with Crippen molar-refractivity contribution in [2.75, 3.05) is 0 Å². The number of unbranched alkanes of at least 4 members (excludes halogenated alkanes) is 3. The Morgan fingerprint density at radius 1 is 1.32 bits per heavy atom. The van der Waals surface area contributed by atoms with Crippen molar-refractivity contribution in [1.29, 1.82) is 0 Å². The van der Waals surface area contributed by atoms with Crippen LogP contribution in [0.2, 0.25) is 0 Å². The van der Waals surface area contributed by atoms with Gasteiger partial charge in [-0.3, -0.25) is 10.0 Å². The van der Waals surface area contributed by atoms with E-state index in [0.29, 0.717) is 6.42 Å². The summed E-state index contributed by atoms with van der Waals surface area (Å²) in [5.41, 5.74) is 9.65. The van der Waals surface area contributed by atoms with Gasteiger partial charge in [0.2, 0.25) is 0 Å². The standard InChI is InChI=1S/C17H25N3O2/c1-2-3-4-7-10-20-12-13(11-15(18)17(21)19-22)14-8-5-6-9-16(14)20/h5-6,8-9,12,15,22H,2-4,7,10-11,18H2,1H3,(H,19,21)/t15-/m0/s1. The minimum absolute atomic E-state index is 0.412. The van der Waals surface area contributed by atoms with Crippen LogP contribution in [0.5, 0.6) is 0 Å². The van der Waals surface area contributed by atoms with E-state index in [1.54, 1.807) is 5.48 Å². The maximum Gasteiger partial charge on any atom is 0.260 e. The zero-order valence-corrected chi connectivity index (χ0v) is 13.1. The Hall–Kier alpha value is -1.85. The Labute approximate surface area is 131 Å². The summed E-state index contributed by atoms with van der Waals surface area (Å²) in [6, 6.07) is 7.41. The van der Waals surface area contributed by atoms with E-state index in [0.717, 1.165) is 23.9 Å². The van der Waals surface area contributed by atoms with Gasteiger partial charge < -0.3 is 10.3 Å². The third-order valence-corrected chi connectivity index (χ3v) is 4.01. The molecule has 0 saturated heterocycles. The number of aryl methyl sites for hydroxylation is 1. The van der Waals surface area contributed by atoms with Crippen molar-refractivity contribution in [3.63, 3.8) is 0 Å². The zero-order valence-electron chi connectivity index (χ0n) is 13.1. The summed E-state index contributed by atoms with van der Waals surface area (Å²) >= 11 is 0. The van der Waals surface area contributed by atoms with Gasteiger partial charge in [0.05, 0.1) is 6.04 Å². The van der Waals surface area contributed by atoms with Gasteiger partial charge in [-0.05, 0) is 24.5 Å². The van der Waals surface area contributed by atoms with Crippen molar-refractivity contribution in [3.05, 3.63) is 36.0 Å². The fraction of sp³-hybridized carbons (Fsp3) is 0.471. The summed E-state index contributed by atoms with van der Waals surface area (Å²) in [6.07, 6.45) is 7.35. The molecule has 2 rings (SSSR count). The van der Waals surface area contributed by atoms with Crippen LogP contribution < -0.4 is 11.2 Å². The molecule has 0 spiro atoms. The second kappa shape index (κ2) is 7.96. The van der Waals surface area contributed by atoms with Gasteiger partial charge in [0.25, 0.3) is 5.91 Å². The highest BCUT2D eigenvalue weighted by molar-refractivity contribution is 5.86. The lowest BCUT2D eigenvalue weighted by molar-refractivity contribution is -0.130. The van der Waals surface area contributed by atoms with E-state index in [1.807, 2.05) is 12.1 Å². The van der Waals surface area contributed by atoms with Gasteiger partial charge in [-0.2, -0.15) is 0 Å². The average molecular weight is 303 g/mol. The highest BCUT2D eigenvalue weighted by Gasteiger charge is 2.16. The average Bonchev–Trinajstić information content (AvgIpc) is 2.89. The van der Waals surface area contributed by atoms with Crippen molar-refractivity contribution in [3.8, 4) is 0 Å². The fourth-order valence-corrected chi connectivity index (χ4v) is 2.79. The van der Waals surface area contributed by atoms with Gasteiger partial charge in [-0.25, -0.2) is 5.48 Å². The SMILES string of the molecule is CCCCCCn1cc(C[C@H](N)C(=O)NO)c2ccccc21. The Morgan fingerprint density at radius 2 is 2.09 bits per heavy atom. The summed E-state index contributed by atoms with van der Waals surface area (Å²) in [5.74, 6) is -0.556. The topological polar surface area (TPSA) is 80.3 Å². The van der Waals surface area contributed by atoms with Crippen molar-refractivity contribution < 1.29 is 10.0 Å². The minimum atomic E-state index is -0.746. The number of nitrogens with zero attached hydrogens (tertiary/aromatic N) is 1. The summed E-state index contributed by atoms with van der Waals surface area (Å²) in [5, 5.41) is 9.81. The van der Waals surface area contributed by atoms with E-state index >= 15 is 0 Å². The van der Waals surface area contributed by atoms with Crippen molar-refractivity contribution in [2.24, 2.45) is 5.73 Å². The quantitative estimate of drug-likeness (QED) is 0.398. The number of carbonyl (C=O) groups excluding carboxylic acids is 1. The summed E-state index contributed by atoms with van der Waals surface area (Å²) < 4.78 is 2.24. The summed E-state index contributed by atoms with van der Waals surface area (Å²) in [4.78, 5) is 11.4. The number of amides is 1. The lowest BCUT2D eigenvalue weighted by Gasteiger charge is -2.08. The second-order valence-electron chi connectivity index (χ2n) is 5.71. The molecule has 5 nitrogen and oxygen atoms in total. The lowest BCUT2D eigenvalue weighted by atomic mass is 10.1. The third-order valence-electron chi connectivity index (χ3n) is 4.01. The highest BCUT2D eigenvalue weighted by Crippen LogP contribution is 2.23. The number of benzene rings is 1. The van der Waals surface area contributed by atoms with Crippen molar-refractivity contribution in [2.45, 2.75) is 51.6 Å². The van der Waals surface area contributed by atoms with Crippen LogP contribution in [0.1, 0.15) is 38.2 Å². The van der Waals surface area contributed by atoms with Gasteiger partial charge >= 0.3 is 0 Å². The maximum absolute atomic E-state index is 11.4. The Balaban J connectivity index is 2.18. The van der Waals surface area contributed by atoms with Crippen LogP contribution in [0.25, 0.3) is 10.9 Å².